The maximum Gasteiger partial charge on any atom is 0.320 e. The lowest BCUT2D eigenvalue weighted by Gasteiger charge is -2.29. The van der Waals surface area contributed by atoms with E-state index in [1.807, 2.05) is 0 Å². The van der Waals surface area contributed by atoms with Gasteiger partial charge in [0.2, 0.25) is 5.88 Å². The molecule has 0 saturated carbocycles. The number of hydrogen-bond donors (Lipinski definition) is 0. The van der Waals surface area contributed by atoms with E-state index < -0.39 is 0 Å². The van der Waals surface area contributed by atoms with Crippen LogP contribution in [0.15, 0.2) is 30.3 Å². The van der Waals surface area contributed by atoms with Crippen molar-refractivity contribution < 1.29 is 9.47 Å². The Kier molecular flexibility index (Phi) is 5.55. The summed E-state index contributed by atoms with van der Waals surface area (Å²) in [6, 6.07) is 11.5. The van der Waals surface area contributed by atoms with Gasteiger partial charge in [0.1, 0.15) is 6.61 Å². The molecule has 144 valence electrons. The summed E-state index contributed by atoms with van der Waals surface area (Å²) in [5.41, 5.74) is 3.47. The van der Waals surface area contributed by atoms with Crippen LogP contribution >= 0.6 is 0 Å². The van der Waals surface area contributed by atoms with Crippen molar-refractivity contribution >= 4 is 0 Å². The van der Waals surface area contributed by atoms with Crippen LogP contribution in [0.1, 0.15) is 29.7 Å². The maximum atomic E-state index is 5.96. The van der Waals surface area contributed by atoms with Crippen molar-refractivity contribution in [3.05, 3.63) is 47.2 Å². The van der Waals surface area contributed by atoms with E-state index >= 15 is 0 Å². The van der Waals surface area contributed by atoms with E-state index in [1.165, 1.54) is 18.4 Å². The fourth-order valence-corrected chi connectivity index (χ4v) is 4.00. The predicted molar refractivity (Wildman–Crippen MR) is 104 cm³/mol. The van der Waals surface area contributed by atoms with Gasteiger partial charge in [-0.25, -0.2) is 0 Å². The molecule has 1 fully saturated rings. The number of fused-ring (bicyclic) bond motifs is 1. The smallest absolute Gasteiger partial charge is 0.320 e. The third kappa shape index (κ3) is 4.22. The van der Waals surface area contributed by atoms with E-state index in [9.17, 15) is 0 Å². The molecule has 1 atom stereocenters. The zero-order valence-corrected chi connectivity index (χ0v) is 16.2. The number of likely N-dealkylation sites (tertiary alicyclic amines) is 1. The van der Waals surface area contributed by atoms with Crippen molar-refractivity contribution in [2.24, 2.45) is 0 Å². The van der Waals surface area contributed by atoms with Crippen molar-refractivity contribution in [3.63, 3.8) is 0 Å². The Morgan fingerprint density at radius 1 is 1.15 bits per heavy atom. The summed E-state index contributed by atoms with van der Waals surface area (Å²) in [5.74, 6) is 0.661. The van der Waals surface area contributed by atoms with Crippen LogP contribution in [-0.2, 0) is 19.5 Å². The zero-order chi connectivity index (χ0) is 18.6. The molecule has 0 aliphatic carbocycles. The molecular formula is C21H28N4O2. The molecule has 2 aromatic rings. The summed E-state index contributed by atoms with van der Waals surface area (Å²) < 4.78 is 11.5. The molecule has 0 spiro atoms. The molecule has 0 bridgehead atoms. The molecule has 1 saturated heterocycles. The van der Waals surface area contributed by atoms with Gasteiger partial charge in [-0.3, -0.25) is 4.90 Å². The molecule has 0 radical (unpaired) electrons. The lowest BCUT2D eigenvalue weighted by molar-refractivity contribution is 0.182. The third-order valence-electron chi connectivity index (χ3n) is 5.60. The number of benzene rings is 1. The van der Waals surface area contributed by atoms with Crippen LogP contribution in [0.4, 0.5) is 0 Å². The molecule has 0 amide bonds. The summed E-state index contributed by atoms with van der Waals surface area (Å²) >= 11 is 0. The average Bonchev–Trinajstić information content (AvgIpc) is 3.11. The lowest BCUT2D eigenvalue weighted by Crippen LogP contribution is -2.32. The first-order valence-electron chi connectivity index (χ1n) is 9.76. The van der Waals surface area contributed by atoms with Gasteiger partial charge in [-0.05, 0) is 38.4 Å². The highest BCUT2D eigenvalue weighted by molar-refractivity contribution is 5.34. The summed E-state index contributed by atoms with van der Waals surface area (Å²) in [5, 5.41) is 0. The molecule has 4 rings (SSSR count). The van der Waals surface area contributed by atoms with Gasteiger partial charge < -0.3 is 14.4 Å². The Hall–Kier alpha value is -2.18. The predicted octanol–water partition coefficient (Wildman–Crippen LogP) is 2.52. The molecule has 6 nitrogen and oxygen atoms in total. The minimum absolute atomic E-state index is 0.437. The van der Waals surface area contributed by atoms with Gasteiger partial charge >= 0.3 is 6.01 Å². The molecule has 27 heavy (non-hydrogen) atoms. The van der Waals surface area contributed by atoms with Crippen LogP contribution in [0, 0.1) is 0 Å². The van der Waals surface area contributed by atoms with Crippen LogP contribution in [0.2, 0.25) is 0 Å². The number of nitrogens with zero attached hydrogens (tertiary/aromatic N) is 4. The maximum absolute atomic E-state index is 5.96. The minimum atomic E-state index is 0.437. The topological polar surface area (TPSA) is 50.7 Å². The van der Waals surface area contributed by atoms with E-state index in [0.717, 1.165) is 43.9 Å². The first-order chi connectivity index (χ1) is 13.2. The number of likely N-dealkylation sites (N-methyl/N-ethyl adjacent to an activating group) is 1. The number of aromatic nitrogens is 2. The highest BCUT2D eigenvalue weighted by Gasteiger charge is 2.25. The molecule has 2 aliphatic rings. The Bertz CT molecular complexity index is 768. The van der Waals surface area contributed by atoms with Gasteiger partial charge in [-0.15, -0.1) is 0 Å². The van der Waals surface area contributed by atoms with Gasteiger partial charge in [0, 0.05) is 31.2 Å². The Morgan fingerprint density at radius 2 is 2.00 bits per heavy atom. The summed E-state index contributed by atoms with van der Waals surface area (Å²) in [4.78, 5) is 14.0. The minimum Gasteiger partial charge on any atom is -0.481 e. The van der Waals surface area contributed by atoms with Crippen LogP contribution in [0.5, 0.6) is 11.9 Å². The van der Waals surface area contributed by atoms with Crippen LogP contribution < -0.4 is 9.47 Å². The van der Waals surface area contributed by atoms with Gasteiger partial charge in [-0.2, -0.15) is 9.97 Å². The first-order valence-corrected chi connectivity index (χ1v) is 9.76. The van der Waals surface area contributed by atoms with E-state index in [0.29, 0.717) is 24.5 Å². The molecular weight excluding hydrogens is 340 g/mol. The standard InChI is InChI=1S/C21H28N4O2/c1-24-11-6-9-17(24)15-27-21-22-19-14-25(13-16-7-4-3-5-8-16)12-10-18(19)20(23-21)26-2/h3-5,7-8,17H,6,9-15H2,1-2H3. The molecule has 2 aliphatic heterocycles. The molecule has 6 heteroatoms. The molecule has 0 N–H and O–H groups in total. The monoisotopic (exact) mass is 368 g/mol. The SMILES string of the molecule is COc1nc(OCC2CCCN2C)nc2c1CCN(Cc1ccccc1)C2. The number of ether oxygens (including phenoxy) is 2. The highest BCUT2D eigenvalue weighted by atomic mass is 16.5. The number of hydrogen-bond acceptors (Lipinski definition) is 6. The molecule has 1 aromatic carbocycles. The largest absolute Gasteiger partial charge is 0.481 e. The second kappa shape index (κ2) is 8.23. The summed E-state index contributed by atoms with van der Waals surface area (Å²) in [6.07, 6.45) is 3.30. The number of rotatable bonds is 6. The van der Waals surface area contributed by atoms with Crippen molar-refractivity contribution in [2.75, 3.05) is 33.9 Å². The van der Waals surface area contributed by atoms with E-state index in [4.69, 9.17) is 14.5 Å². The van der Waals surface area contributed by atoms with Crippen molar-refractivity contribution in [2.45, 2.75) is 38.4 Å². The number of methoxy groups -OCH3 is 1. The van der Waals surface area contributed by atoms with Gasteiger partial charge in [-0.1, -0.05) is 30.3 Å². The Morgan fingerprint density at radius 3 is 2.74 bits per heavy atom. The molecule has 3 heterocycles. The summed E-state index contributed by atoms with van der Waals surface area (Å²) in [7, 11) is 3.82. The average molecular weight is 368 g/mol. The molecule has 1 unspecified atom stereocenters. The van der Waals surface area contributed by atoms with Gasteiger partial charge in [0.05, 0.1) is 12.8 Å². The molecule has 1 aromatic heterocycles. The van der Waals surface area contributed by atoms with Crippen LogP contribution in [0.25, 0.3) is 0 Å². The van der Waals surface area contributed by atoms with Crippen LogP contribution in [-0.4, -0.2) is 59.7 Å². The highest BCUT2D eigenvalue weighted by Crippen LogP contribution is 2.28. The fraction of sp³-hybridized carbons (Fsp3) is 0.524. The Balaban J connectivity index is 1.47. The van der Waals surface area contributed by atoms with Crippen molar-refractivity contribution in [1.29, 1.82) is 0 Å². The first kappa shape index (κ1) is 18.2. The third-order valence-corrected chi connectivity index (χ3v) is 5.60. The van der Waals surface area contributed by atoms with Gasteiger partial charge in [0.15, 0.2) is 0 Å². The van der Waals surface area contributed by atoms with E-state index in [2.05, 4.69) is 52.2 Å². The van der Waals surface area contributed by atoms with Gasteiger partial charge in [0.25, 0.3) is 0 Å². The Labute approximate surface area is 161 Å². The second-order valence-corrected chi connectivity index (χ2v) is 7.47. The quantitative estimate of drug-likeness (QED) is 0.781. The van der Waals surface area contributed by atoms with Crippen molar-refractivity contribution in [1.82, 2.24) is 19.8 Å². The van der Waals surface area contributed by atoms with E-state index in [-0.39, 0.29) is 0 Å². The second-order valence-electron chi connectivity index (χ2n) is 7.47. The fourth-order valence-electron chi connectivity index (χ4n) is 4.00. The van der Waals surface area contributed by atoms with Crippen molar-refractivity contribution in [3.8, 4) is 11.9 Å². The zero-order valence-electron chi connectivity index (χ0n) is 16.2. The van der Waals surface area contributed by atoms with Crippen LogP contribution in [0.3, 0.4) is 0 Å². The normalized spacial score (nSPS) is 20.4. The summed E-state index contributed by atoms with van der Waals surface area (Å²) in [6.45, 7) is 4.47. The van der Waals surface area contributed by atoms with E-state index in [1.54, 1.807) is 7.11 Å². The lowest BCUT2D eigenvalue weighted by atomic mass is 10.1.